The molecule has 6 nitrogen and oxygen atoms in total. The van der Waals surface area contributed by atoms with Crippen molar-refractivity contribution in [3.8, 4) is 0 Å². The molecule has 0 aliphatic carbocycles. The highest BCUT2D eigenvalue weighted by molar-refractivity contribution is 6.28. The molecular formula is C12H22ClN5O. The number of hydrogen-bond acceptors (Lipinski definition) is 6. The molecule has 0 aromatic carbocycles. The van der Waals surface area contributed by atoms with Crippen LogP contribution in [0.1, 0.15) is 13.8 Å². The number of hydrogen-bond donors (Lipinski definition) is 0. The van der Waals surface area contributed by atoms with Gasteiger partial charge in [-0.25, -0.2) is 0 Å². The van der Waals surface area contributed by atoms with E-state index in [1.165, 1.54) is 0 Å². The van der Waals surface area contributed by atoms with Gasteiger partial charge in [-0.05, 0) is 17.5 Å². The summed E-state index contributed by atoms with van der Waals surface area (Å²) in [5, 5.41) is 0.208. The monoisotopic (exact) mass is 287 g/mol. The highest BCUT2D eigenvalue weighted by atomic mass is 35.5. The zero-order valence-corrected chi connectivity index (χ0v) is 13.0. The lowest BCUT2D eigenvalue weighted by Gasteiger charge is -2.25. The molecule has 7 heteroatoms. The Morgan fingerprint density at radius 1 is 1.16 bits per heavy atom. The van der Waals surface area contributed by atoms with Crippen LogP contribution in [0.15, 0.2) is 0 Å². The number of rotatable bonds is 7. The van der Waals surface area contributed by atoms with E-state index in [2.05, 4.69) is 33.7 Å². The molecule has 19 heavy (non-hydrogen) atoms. The van der Waals surface area contributed by atoms with E-state index in [9.17, 15) is 0 Å². The number of anilines is 2. The van der Waals surface area contributed by atoms with Crippen LogP contribution in [0.4, 0.5) is 11.9 Å². The second-order valence-corrected chi connectivity index (χ2v) is 5.27. The minimum Gasteiger partial charge on any atom is -0.383 e. The smallest absolute Gasteiger partial charge is 0.231 e. The fraction of sp³-hybridized carbons (Fsp3) is 0.750. The van der Waals surface area contributed by atoms with Gasteiger partial charge in [-0.1, -0.05) is 13.8 Å². The topological polar surface area (TPSA) is 54.4 Å². The van der Waals surface area contributed by atoms with Gasteiger partial charge >= 0.3 is 0 Å². The van der Waals surface area contributed by atoms with Crippen molar-refractivity contribution in [2.24, 2.45) is 5.92 Å². The fourth-order valence-electron chi connectivity index (χ4n) is 1.59. The molecule has 0 bridgehead atoms. The summed E-state index contributed by atoms with van der Waals surface area (Å²) in [5.74, 6) is 1.64. The summed E-state index contributed by atoms with van der Waals surface area (Å²) >= 11 is 5.96. The molecule has 0 aliphatic heterocycles. The quantitative estimate of drug-likeness (QED) is 0.761. The van der Waals surface area contributed by atoms with Gasteiger partial charge in [0.05, 0.1) is 6.61 Å². The molecule has 0 aliphatic rings. The fourth-order valence-corrected chi connectivity index (χ4v) is 1.74. The van der Waals surface area contributed by atoms with Crippen LogP contribution in [0, 0.1) is 5.92 Å². The number of ether oxygens (including phenoxy) is 1. The SMILES string of the molecule is COCCN(CC(C)C)c1nc(Cl)nc(N(C)C)n1. The van der Waals surface area contributed by atoms with Crippen LogP contribution in [0.2, 0.25) is 5.28 Å². The van der Waals surface area contributed by atoms with E-state index in [4.69, 9.17) is 16.3 Å². The Morgan fingerprint density at radius 3 is 2.32 bits per heavy atom. The summed E-state index contributed by atoms with van der Waals surface area (Å²) in [4.78, 5) is 16.6. The summed E-state index contributed by atoms with van der Waals surface area (Å²) < 4.78 is 5.13. The first-order valence-corrected chi connectivity index (χ1v) is 6.64. The lowest BCUT2D eigenvalue weighted by atomic mass is 10.2. The van der Waals surface area contributed by atoms with E-state index in [-0.39, 0.29) is 5.28 Å². The average Bonchev–Trinajstić information content (AvgIpc) is 2.33. The van der Waals surface area contributed by atoms with Crippen molar-refractivity contribution in [2.75, 3.05) is 50.7 Å². The third kappa shape index (κ3) is 5.16. The Labute approximate surface area is 119 Å². The molecule has 1 aromatic rings. The Morgan fingerprint density at radius 2 is 1.79 bits per heavy atom. The van der Waals surface area contributed by atoms with Gasteiger partial charge < -0.3 is 14.5 Å². The molecular weight excluding hydrogens is 266 g/mol. The molecule has 0 amide bonds. The molecule has 108 valence electrons. The zero-order chi connectivity index (χ0) is 14.4. The molecule has 0 unspecified atom stereocenters. The van der Waals surface area contributed by atoms with Gasteiger partial charge in [-0.15, -0.1) is 0 Å². The first kappa shape index (κ1) is 15.9. The van der Waals surface area contributed by atoms with Crippen molar-refractivity contribution in [3.05, 3.63) is 5.28 Å². The second kappa shape index (κ2) is 7.45. The Bertz CT molecular complexity index is 400. The van der Waals surface area contributed by atoms with Crippen LogP contribution in [-0.2, 0) is 4.74 Å². The van der Waals surface area contributed by atoms with Crippen LogP contribution >= 0.6 is 11.6 Å². The van der Waals surface area contributed by atoms with Crippen LogP contribution in [0.5, 0.6) is 0 Å². The van der Waals surface area contributed by atoms with Crippen LogP contribution in [0.3, 0.4) is 0 Å². The maximum atomic E-state index is 5.96. The summed E-state index contributed by atoms with van der Waals surface area (Å²) in [5.41, 5.74) is 0. The first-order chi connectivity index (χ1) is 8.93. The summed E-state index contributed by atoms with van der Waals surface area (Å²) in [6, 6.07) is 0. The van der Waals surface area contributed by atoms with E-state index >= 15 is 0 Å². The summed E-state index contributed by atoms with van der Waals surface area (Å²) in [7, 11) is 5.42. The second-order valence-electron chi connectivity index (χ2n) is 4.93. The Hall–Kier alpha value is -1.14. The van der Waals surface area contributed by atoms with Gasteiger partial charge in [0.2, 0.25) is 17.2 Å². The van der Waals surface area contributed by atoms with E-state index in [0.717, 1.165) is 13.1 Å². The third-order valence-electron chi connectivity index (χ3n) is 2.42. The van der Waals surface area contributed by atoms with Gasteiger partial charge in [0.25, 0.3) is 0 Å². The van der Waals surface area contributed by atoms with Gasteiger partial charge in [0.15, 0.2) is 0 Å². The van der Waals surface area contributed by atoms with Gasteiger partial charge in [0, 0.05) is 34.3 Å². The maximum absolute atomic E-state index is 5.96. The van der Waals surface area contributed by atoms with Crippen molar-refractivity contribution in [3.63, 3.8) is 0 Å². The van der Waals surface area contributed by atoms with Crippen LogP contribution in [-0.4, -0.2) is 55.9 Å². The molecule has 0 atom stereocenters. The van der Waals surface area contributed by atoms with Gasteiger partial charge in [-0.2, -0.15) is 15.0 Å². The molecule has 0 saturated carbocycles. The highest BCUT2D eigenvalue weighted by Crippen LogP contribution is 2.16. The molecule has 0 fully saturated rings. The predicted molar refractivity (Wildman–Crippen MR) is 78.1 cm³/mol. The van der Waals surface area contributed by atoms with E-state index in [0.29, 0.717) is 24.4 Å². The van der Waals surface area contributed by atoms with E-state index in [1.54, 1.807) is 12.0 Å². The Kier molecular flexibility index (Phi) is 6.24. The Balaban J connectivity index is 2.99. The number of methoxy groups -OCH3 is 1. The average molecular weight is 288 g/mol. The van der Waals surface area contributed by atoms with Crippen molar-refractivity contribution >= 4 is 23.5 Å². The predicted octanol–water partition coefficient (Wildman–Crippen LogP) is 1.70. The van der Waals surface area contributed by atoms with Crippen molar-refractivity contribution < 1.29 is 4.74 Å². The maximum Gasteiger partial charge on any atom is 0.231 e. The number of aromatic nitrogens is 3. The molecule has 0 N–H and O–H groups in total. The zero-order valence-electron chi connectivity index (χ0n) is 12.2. The van der Waals surface area contributed by atoms with Crippen molar-refractivity contribution in [1.29, 1.82) is 0 Å². The molecule has 1 rings (SSSR count). The minimum atomic E-state index is 0.208. The standard InChI is InChI=1S/C12H22ClN5O/c1-9(2)8-18(6-7-19-5)12-15-10(13)14-11(16-12)17(3)4/h9H,6-8H2,1-5H3. The van der Waals surface area contributed by atoms with Crippen LogP contribution < -0.4 is 9.80 Å². The minimum absolute atomic E-state index is 0.208. The van der Waals surface area contributed by atoms with E-state index < -0.39 is 0 Å². The number of nitrogens with zero attached hydrogens (tertiary/aromatic N) is 5. The van der Waals surface area contributed by atoms with Crippen molar-refractivity contribution in [2.45, 2.75) is 13.8 Å². The van der Waals surface area contributed by atoms with Gasteiger partial charge in [-0.3, -0.25) is 0 Å². The summed E-state index contributed by atoms with van der Waals surface area (Å²) in [6.45, 7) is 6.48. The van der Waals surface area contributed by atoms with E-state index in [1.807, 2.05) is 14.1 Å². The molecule has 1 heterocycles. The lowest BCUT2D eigenvalue weighted by Crippen LogP contribution is -2.33. The first-order valence-electron chi connectivity index (χ1n) is 6.26. The largest absolute Gasteiger partial charge is 0.383 e. The lowest BCUT2D eigenvalue weighted by molar-refractivity contribution is 0.204. The molecule has 0 radical (unpaired) electrons. The molecule has 0 saturated heterocycles. The van der Waals surface area contributed by atoms with Gasteiger partial charge in [0.1, 0.15) is 0 Å². The molecule has 1 aromatic heterocycles. The highest BCUT2D eigenvalue weighted by Gasteiger charge is 2.15. The van der Waals surface area contributed by atoms with Crippen LogP contribution in [0.25, 0.3) is 0 Å². The summed E-state index contributed by atoms with van der Waals surface area (Å²) in [6.07, 6.45) is 0. The molecule has 0 spiro atoms. The normalized spacial score (nSPS) is 10.9. The van der Waals surface area contributed by atoms with Crippen molar-refractivity contribution in [1.82, 2.24) is 15.0 Å². The third-order valence-corrected chi connectivity index (χ3v) is 2.59. The number of halogens is 1.